The molecule has 1 rings (SSSR count). The average molecular weight is 236 g/mol. The van der Waals surface area contributed by atoms with Gasteiger partial charge in [-0.3, -0.25) is 14.5 Å². The van der Waals surface area contributed by atoms with Gasteiger partial charge < -0.3 is 4.90 Å². The number of carbonyl (C=O) groups excluding carboxylic acids is 2. The maximum Gasteiger partial charge on any atom is 0.254 e. The molecular weight excluding hydrogens is 223 g/mol. The Kier molecular flexibility index (Phi) is 4.39. The number of carbonyl (C=O) groups is 2. The number of anilines is 1. The molecule has 1 aromatic carbocycles. The first-order chi connectivity index (χ1) is 8.04. The summed E-state index contributed by atoms with van der Waals surface area (Å²) >= 11 is 0. The van der Waals surface area contributed by atoms with Crippen molar-refractivity contribution in [2.45, 2.75) is 0 Å². The molecule has 90 valence electrons. The Balaban J connectivity index is 2.69. The molecule has 4 nitrogen and oxygen atoms in total. The Hall–Kier alpha value is -2.17. The van der Waals surface area contributed by atoms with Crippen LogP contribution in [0.2, 0.25) is 0 Å². The van der Waals surface area contributed by atoms with Crippen molar-refractivity contribution in [1.82, 2.24) is 4.90 Å². The summed E-state index contributed by atoms with van der Waals surface area (Å²) in [5, 5.41) is 0. The zero-order valence-electron chi connectivity index (χ0n) is 9.63. The van der Waals surface area contributed by atoms with Gasteiger partial charge in [0.2, 0.25) is 6.41 Å². The number of imide groups is 1. The third-order valence-corrected chi connectivity index (χ3v) is 2.18. The molecule has 0 spiro atoms. The number of hydrogen-bond acceptors (Lipinski definition) is 3. The Labute approximate surface area is 98.9 Å². The SMILES string of the molecule is CN(C=O)C(=O)/C=C\N(C)c1ccc(F)cc1. The van der Waals surface area contributed by atoms with Crippen molar-refractivity contribution in [3.63, 3.8) is 0 Å². The third-order valence-electron chi connectivity index (χ3n) is 2.18. The van der Waals surface area contributed by atoms with Crippen LogP contribution in [0.4, 0.5) is 10.1 Å². The van der Waals surface area contributed by atoms with E-state index in [4.69, 9.17) is 0 Å². The summed E-state index contributed by atoms with van der Waals surface area (Å²) in [4.78, 5) is 24.2. The van der Waals surface area contributed by atoms with Gasteiger partial charge in [0.25, 0.3) is 5.91 Å². The summed E-state index contributed by atoms with van der Waals surface area (Å²) in [7, 11) is 3.09. The van der Waals surface area contributed by atoms with Gasteiger partial charge in [0.15, 0.2) is 0 Å². The van der Waals surface area contributed by atoms with Crippen LogP contribution in [0.3, 0.4) is 0 Å². The number of likely N-dealkylation sites (N-methyl/N-ethyl adjacent to an activating group) is 1. The molecule has 0 aromatic heterocycles. The molecule has 0 fully saturated rings. The van der Waals surface area contributed by atoms with Crippen LogP contribution in [0.5, 0.6) is 0 Å². The predicted molar refractivity (Wildman–Crippen MR) is 62.8 cm³/mol. The third kappa shape index (κ3) is 3.71. The lowest BCUT2D eigenvalue weighted by molar-refractivity contribution is -0.132. The van der Waals surface area contributed by atoms with E-state index in [-0.39, 0.29) is 5.82 Å². The Morgan fingerprint density at radius 3 is 2.35 bits per heavy atom. The molecule has 0 saturated heterocycles. The fourth-order valence-electron chi connectivity index (χ4n) is 1.11. The topological polar surface area (TPSA) is 40.6 Å². The second-order valence-electron chi connectivity index (χ2n) is 3.46. The molecule has 0 aliphatic heterocycles. The first-order valence-corrected chi connectivity index (χ1v) is 4.93. The highest BCUT2D eigenvalue weighted by atomic mass is 19.1. The highest BCUT2D eigenvalue weighted by Crippen LogP contribution is 2.13. The van der Waals surface area contributed by atoms with Crippen LogP contribution in [0, 0.1) is 5.82 Å². The minimum atomic E-state index is -0.422. The van der Waals surface area contributed by atoms with Crippen molar-refractivity contribution in [2.75, 3.05) is 19.0 Å². The van der Waals surface area contributed by atoms with Gasteiger partial charge in [0.1, 0.15) is 5.82 Å². The molecule has 0 saturated carbocycles. The van der Waals surface area contributed by atoms with E-state index >= 15 is 0 Å². The number of nitrogens with zero attached hydrogens (tertiary/aromatic N) is 2. The second kappa shape index (κ2) is 5.79. The van der Waals surface area contributed by atoms with Gasteiger partial charge in [-0.1, -0.05) is 0 Å². The zero-order valence-corrected chi connectivity index (χ0v) is 9.63. The van der Waals surface area contributed by atoms with Crippen molar-refractivity contribution in [3.05, 3.63) is 42.4 Å². The number of benzene rings is 1. The predicted octanol–water partition coefficient (Wildman–Crippen LogP) is 1.39. The normalized spacial score (nSPS) is 10.3. The molecule has 17 heavy (non-hydrogen) atoms. The molecule has 0 N–H and O–H groups in total. The van der Waals surface area contributed by atoms with Crippen molar-refractivity contribution in [2.24, 2.45) is 0 Å². The first-order valence-electron chi connectivity index (χ1n) is 4.93. The van der Waals surface area contributed by atoms with E-state index in [0.717, 1.165) is 10.6 Å². The van der Waals surface area contributed by atoms with Crippen LogP contribution in [0.1, 0.15) is 0 Å². The van der Waals surface area contributed by atoms with Crippen LogP contribution >= 0.6 is 0 Å². The van der Waals surface area contributed by atoms with Gasteiger partial charge in [-0.25, -0.2) is 4.39 Å². The lowest BCUT2D eigenvalue weighted by Crippen LogP contribution is -2.23. The summed E-state index contributed by atoms with van der Waals surface area (Å²) < 4.78 is 12.7. The number of rotatable bonds is 4. The Morgan fingerprint density at radius 1 is 1.24 bits per heavy atom. The summed E-state index contributed by atoms with van der Waals surface area (Å²) in [6, 6.07) is 5.85. The molecule has 0 bridgehead atoms. The van der Waals surface area contributed by atoms with E-state index in [1.807, 2.05) is 0 Å². The van der Waals surface area contributed by atoms with E-state index < -0.39 is 5.91 Å². The molecule has 5 heteroatoms. The van der Waals surface area contributed by atoms with Gasteiger partial charge >= 0.3 is 0 Å². The Bertz CT molecular complexity index is 429. The van der Waals surface area contributed by atoms with Gasteiger partial charge in [-0.2, -0.15) is 0 Å². The van der Waals surface area contributed by atoms with Crippen molar-refractivity contribution < 1.29 is 14.0 Å². The fourth-order valence-corrected chi connectivity index (χ4v) is 1.11. The lowest BCUT2D eigenvalue weighted by atomic mass is 10.3. The van der Waals surface area contributed by atoms with Gasteiger partial charge in [-0.05, 0) is 24.3 Å². The van der Waals surface area contributed by atoms with E-state index in [2.05, 4.69) is 0 Å². The smallest absolute Gasteiger partial charge is 0.254 e. The van der Waals surface area contributed by atoms with Crippen LogP contribution in [-0.4, -0.2) is 31.3 Å². The highest BCUT2D eigenvalue weighted by molar-refractivity contribution is 5.94. The van der Waals surface area contributed by atoms with Gasteiger partial charge in [0.05, 0.1) is 0 Å². The van der Waals surface area contributed by atoms with E-state index in [0.29, 0.717) is 6.41 Å². The first kappa shape index (κ1) is 12.9. The van der Waals surface area contributed by atoms with Crippen molar-refractivity contribution in [3.8, 4) is 0 Å². The van der Waals surface area contributed by atoms with Crippen LogP contribution in [0.25, 0.3) is 0 Å². The maximum absolute atomic E-state index is 12.7. The summed E-state index contributed by atoms with van der Waals surface area (Å²) in [5.41, 5.74) is 0.740. The van der Waals surface area contributed by atoms with Gasteiger partial charge in [0, 0.05) is 32.1 Å². The molecule has 0 aliphatic carbocycles. The summed E-state index contributed by atoms with van der Waals surface area (Å²) in [6.07, 6.45) is 3.21. The van der Waals surface area contributed by atoms with Crippen LogP contribution in [0.15, 0.2) is 36.5 Å². The zero-order chi connectivity index (χ0) is 12.8. The van der Waals surface area contributed by atoms with E-state index in [9.17, 15) is 14.0 Å². The van der Waals surface area contributed by atoms with Crippen molar-refractivity contribution in [1.29, 1.82) is 0 Å². The van der Waals surface area contributed by atoms with E-state index in [1.54, 1.807) is 24.1 Å². The molecule has 2 amide bonds. The molecule has 0 unspecified atom stereocenters. The second-order valence-corrected chi connectivity index (χ2v) is 3.46. The van der Waals surface area contributed by atoms with Crippen LogP contribution < -0.4 is 4.90 Å². The van der Waals surface area contributed by atoms with Crippen molar-refractivity contribution >= 4 is 18.0 Å². The lowest BCUT2D eigenvalue weighted by Gasteiger charge is -2.14. The molecular formula is C12H13FN2O2. The standard InChI is InChI=1S/C12H13FN2O2/c1-14(8-7-12(17)15(2)9-16)11-5-3-10(13)4-6-11/h3-9H,1-2H3/b8-7-. The quantitative estimate of drug-likeness (QED) is 0.586. The van der Waals surface area contributed by atoms with E-state index in [1.165, 1.54) is 31.5 Å². The molecule has 0 atom stereocenters. The number of amides is 2. The molecule has 0 heterocycles. The monoisotopic (exact) mass is 236 g/mol. The fraction of sp³-hybridized carbons (Fsp3) is 0.167. The van der Waals surface area contributed by atoms with Gasteiger partial charge in [-0.15, -0.1) is 0 Å². The number of hydrogen-bond donors (Lipinski definition) is 0. The van der Waals surface area contributed by atoms with Crippen LogP contribution in [-0.2, 0) is 9.59 Å². The summed E-state index contributed by atoms with van der Waals surface area (Å²) in [5.74, 6) is -0.739. The minimum absolute atomic E-state index is 0.317. The molecule has 0 aliphatic rings. The number of halogens is 1. The highest BCUT2D eigenvalue weighted by Gasteiger charge is 2.03. The summed E-state index contributed by atoms with van der Waals surface area (Å²) in [6.45, 7) is 0. The average Bonchev–Trinajstić information content (AvgIpc) is 2.35. The molecule has 1 aromatic rings. The molecule has 0 radical (unpaired) electrons. The largest absolute Gasteiger partial charge is 0.351 e. The Morgan fingerprint density at radius 2 is 1.82 bits per heavy atom. The minimum Gasteiger partial charge on any atom is -0.351 e. The maximum atomic E-state index is 12.7.